The molecule has 1 aliphatic heterocycles. The van der Waals surface area contributed by atoms with Crippen molar-refractivity contribution in [3.8, 4) is 0 Å². The smallest absolute Gasteiger partial charge is 0.193 e. The van der Waals surface area contributed by atoms with Crippen molar-refractivity contribution >= 4 is 11.6 Å². The molecule has 0 amide bonds. The van der Waals surface area contributed by atoms with Gasteiger partial charge in [0.2, 0.25) is 0 Å². The van der Waals surface area contributed by atoms with E-state index in [9.17, 15) is 0 Å². The SMILES string of the molecule is CN=C(NCC(C)N1CCN(c2ccccc2)CC1)N(C)CCOCC1CC1. The number of likely N-dealkylation sites (N-methyl/N-ethyl adjacent to an activating group) is 1. The van der Waals surface area contributed by atoms with Gasteiger partial charge in [-0.05, 0) is 37.8 Å². The Bertz CT molecular complexity index is 596. The van der Waals surface area contributed by atoms with Gasteiger partial charge in [0.05, 0.1) is 6.61 Å². The van der Waals surface area contributed by atoms with Crippen molar-refractivity contribution < 1.29 is 4.74 Å². The second-order valence-corrected chi connectivity index (χ2v) is 8.08. The zero-order chi connectivity index (χ0) is 19.8. The van der Waals surface area contributed by atoms with Gasteiger partial charge in [-0.25, -0.2) is 0 Å². The molecule has 3 rings (SSSR count). The van der Waals surface area contributed by atoms with E-state index in [0.29, 0.717) is 6.04 Å². The summed E-state index contributed by atoms with van der Waals surface area (Å²) in [6.45, 7) is 10.1. The monoisotopic (exact) mass is 387 g/mol. The Morgan fingerprint density at radius 3 is 2.57 bits per heavy atom. The number of guanidine groups is 1. The number of hydrogen-bond donors (Lipinski definition) is 1. The first-order valence-electron chi connectivity index (χ1n) is 10.7. The maximum atomic E-state index is 5.75. The first-order chi connectivity index (χ1) is 13.7. The third-order valence-corrected chi connectivity index (χ3v) is 5.81. The van der Waals surface area contributed by atoms with Crippen LogP contribution in [-0.2, 0) is 4.74 Å². The van der Waals surface area contributed by atoms with Gasteiger partial charge >= 0.3 is 0 Å². The van der Waals surface area contributed by atoms with Crippen LogP contribution in [0.25, 0.3) is 0 Å². The molecule has 2 fully saturated rings. The topological polar surface area (TPSA) is 43.3 Å². The largest absolute Gasteiger partial charge is 0.379 e. The Kier molecular flexibility index (Phi) is 7.98. The van der Waals surface area contributed by atoms with E-state index in [1.165, 1.54) is 18.5 Å². The number of piperazine rings is 1. The van der Waals surface area contributed by atoms with E-state index in [1.807, 2.05) is 7.05 Å². The van der Waals surface area contributed by atoms with Crippen molar-refractivity contribution in [2.24, 2.45) is 10.9 Å². The molecule has 1 aromatic rings. The Morgan fingerprint density at radius 1 is 1.21 bits per heavy atom. The quantitative estimate of drug-likeness (QED) is 0.399. The molecule has 6 nitrogen and oxygen atoms in total. The third-order valence-electron chi connectivity index (χ3n) is 5.81. The van der Waals surface area contributed by atoms with Crippen molar-refractivity contribution in [2.75, 3.05) is 71.5 Å². The molecule has 1 aliphatic carbocycles. The molecule has 1 atom stereocenters. The number of hydrogen-bond acceptors (Lipinski definition) is 4. The maximum absolute atomic E-state index is 5.75. The van der Waals surface area contributed by atoms with Crippen LogP contribution in [0.5, 0.6) is 0 Å². The zero-order valence-corrected chi connectivity index (χ0v) is 17.8. The summed E-state index contributed by atoms with van der Waals surface area (Å²) in [6.07, 6.45) is 2.69. The van der Waals surface area contributed by atoms with E-state index in [0.717, 1.165) is 64.4 Å². The average molecular weight is 388 g/mol. The minimum absolute atomic E-state index is 0.481. The molecule has 0 bridgehead atoms. The van der Waals surface area contributed by atoms with Crippen molar-refractivity contribution in [3.05, 3.63) is 30.3 Å². The van der Waals surface area contributed by atoms with Gasteiger partial charge < -0.3 is 19.9 Å². The predicted molar refractivity (Wildman–Crippen MR) is 117 cm³/mol. The Balaban J connectivity index is 1.34. The minimum atomic E-state index is 0.481. The summed E-state index contributed by atoms with van der Waals surface area (Å²) in [7, 11) is 3.94. The van der Waals surface area contributed by atoms with Gasteiger partial charge in [-0.3, -0.25) is 9.89 Å². The lowest BCUT2D eigenvalue weighted by Gasteiger charge is -2.39. The molecule has 2 aliphatic rings. The normalized spacial score (nSPS) is 19.5. The second kappa shape index (κ2) is 10.7. The number of anilines is 1. The van der Waals surface area contributed by atoms with E-state index in [2.05, 4.69) is 69.3 Å². The van der Waals surface area contributed by atoms with Crippen LogP contribution in [0.2, 0.25) is 0 Å². The molecule has 1 unspecified atom stereocenters. The number of para-hydroxylation sites is 1. The van der Waals surface area contributed by atoms with Crippen LogP contribution in [0.3, 0.4) is 0 Å². The van der Waals surface area contributed by atoms with Gasteiger partial charge in [0.1, 0.15) is 0 Å². The first-order valence-corrected chi connectivity index (χ1v) is 10.7. The Morgan fingerprint density at radius 2 is 1.93 bits per heavy atom. The zero-order valence-electron chi connectivity index (χ0n) is 17.8. The van der Waals surface area contributed by atoms with Crippen molar-refractivity contribution in [3.63, 3.8) is 0 Å². The number of ether oxygens (including phenoxy) is 1. The highest BCUT2D eigenvalue weighted by molar-refractivity contribution is 5.79. The highest BCUT2D eigenvalue weighted by Crippen LogP contribution is 2.28. The van der Waals surface area contributed by atoms with Crippen LogP contribution in [0.15, 0.2) is 35.3 Å². The molecule has 28 heavy (non-hydrogen) atoms. The fourth-order valence-electron chi connectivity index (χ4n) is 3.65. The molecule has 1 heterocycles. The number of rotatable bonds is 9. The lowest BCUT2D eigenvalue weighted by molar-refractivity contribution is 0.115. The van der Waals surface area contributed by atoms with E-state index in [1.54, 1.807) is 0 Å². The van der Waals surface area contributed by atoms with E-state index >= 15 is 0 Å². The summed E-state index contributed by atoms with van der Waals surface area (Å²) >= 11 is 0. The first kappa shape index (κ1) is 20.9. The Hall–Kier alpha value is -1.79. The highest BCUT2D eigenvalue weighted by atomic mass is 16.5. The van der Waals surface area contributed by atoms with Gasteiger partial charge in [0, 0.05) is 71.7 Å². The lowest BCUT2D eigenvalue weighted by Crippen LogP contribution is -2.53. The number of nitrogens with one attached hydrogen (secondary N) is 1. The highest BCUT2D eigenvalue weighted by Gasteiger charge is 2.22. The molecule has 1 saturated carbocycles. The van der Waals surface area contributed by atoms with Gasteiger partial charge in [-0.2, -0.15) is 0 Å². The summed E-state index contributed by atoms with van der Waals surface area (Å²) in [6, 6.07) is 11.2. The fraction of sp³-hybridized carbons (Fsp3) is 0.682. The molecule has 6 heteroatoms. The summed E-state index contributed by atoms with van der Waals surface area (Å²) in [5.74, 6) is 1.77. The van der Waals surface area contributed by atoms with Crippen molar-refractivity contribution in [2.45, 2.75) is 25.8 Å². The number of aliphatic imine (C=N–C) groups is 1. The van der Waals surface area contributed by atoms with E-state index in [4.69, 9.17) is 4.74 Å². The van der Waals surface area contributed by atoms with Gasteiger partial charge in [0.25, 0.3) is 0 Å². The predicted octanol–water partition coefficient (Wildman–Crippen LogP) is 2.13. The molecule has 0 spiro atoms. The van der Waals surface area contributed by atoms with Crippen LogP contribution in [0, 0.1) is 5.92 Å². The van der Waals surface area contributed by atoms with Crippen LogP contribution < -0.4 is 10.2 Å². The minimum Gasteiger partial charge on any atom is -0.379 e. The van der Waals surface area contributed by atoms with Gasteiger partial charge in [-0.15, -0.1) is 0 Å². The maximum Gasteiger partial charge on any atom is 0.193 e. The van der Waals surface area contributed by atoms with Crippen molar-refractivity contribution in [1.29, 1.82) is 0 Å². The molecular formula is C22H37N5O. The summed E-state index contributed by atoms with van der Waals surface area (Å²) < 4.78 is 5.75. The molecule has 1 aromatic carbocycles. The molecule has 1 saturated heterocycles. The van der Waals surface area contributed by atoms with E-state index < -0.39 is 0 Å². The van der Waals surface area contributed by atoms with Gasteiger partial charge in [-0.1, -0.05) is 18.2 Å². The summed E-state index contributed by atoms with van der Waals surface area (Å²) in [4.78, 5) is 11.6. The molecule has 0 aromatic heterocycles. The van der Waals surface area contributed by atoms with Crippen LogP contribution in [0.1, 0.15) is 19.8 Å². The Labute approximate surface area is 170 Å². The molecule has 0 radical (unpaired) electrons. The molecule has 1 N–H and O–H groups in total. The number of benzene rings is 1. The number of nitrogens with zero attached hydrogens (tertiary/aromatic N) is 4. The standard InChI is InChI=1S/C22H37N5O/c1-19(26-11-13-27(14-12-26)21-7-5-4-6-8-21)17-24-22(23-2)25(3)15-16-28-18-20-9-10-20/h4-8,19-20H,9-18H2,1-3H3,(H,23,24). The van der Waals surface area contributed by atoms with Crippen LogP contribution in [-0.4, -0.2) is 88.4 Å². The van der Waals surface area contributed by atoms with Crippen LogP contribution in [0.4, 0.5) is 5.69 Å². The van der Waals surface area contributed by atoms with E-state index in [-0.39, 0.29) is 0 Å². The van der Waals surface area contributed by atoms with Crippen LogP contribution >= 0.6 is 0 Å². The average Bonchev–Trinajstić information content (AvgIpc) is 3.57. The third kappa shape index (κ3) is 6.38. The van der Waals surface area contributed by atoms with Gasteiger partial charge in [0.15, 0.2) is 5.96 Å². The molecular weight excluding hydrogens is 350 g/mol. The summed E-state index contributed by atoms with van der Waals surface area (Å²) in [5.41, 5.74) is 1.33. The lowest BCUT2D eigenvalue weighted by atomic mass is 10.2. The fourth-order valence-corrected chi connectivity index (χ4v) is 3.65. The molecule has 156 valence electrons. The van der Waals surface area contributed by atoms with Crippen molar-refractivity contribution in [1.82, 2.24) is 15.1 Å². The summed E-state index contributed by atoms with van der Waals surface area (Å²) in [5, 5.41) is 3.54. The second-order valence-electron chi connectivity index (χ2n) is 8.08.